The van der Waals surface area contributed by atoms with Crippen molar-refractivity contribution in [1.29, 1.82) is 0 Å². The third-order valence-corrected chi connectivity index (χ3v) is 7.39. The van der Waals surface area contributed by atoms with E-state index in [-0.39, 0.29) is 17.7 Å². The van der Waals surface area contributed by atoms with Crippen molar-refractivity contribution < 1.29 is 24.3 Å². The predicted octanol–water partition coefficient (Wildman–Crippen LogP) is 2.18. The maximum Gasteiger partial charge on any atom is 0.326 e. The van der Waals surface area contributed by atoms with Gasteiger partial charge in [0.25, 0.3) is 0 Å². The zero-order valence-electron chi connectivity index (χ0n) is 22.7. The van der Waals surface area contributed by atoms with Gasteiger partial charge in [0.15, 0.2) is 0 Å². The number of H-pyrrole nitrogens is 1. The highest BCUT2D eigenvalue weighted by Gasteiger charge is 2.40. The highest BCUT2D eigenvalue weighted by Crippen LogP contribution is 2.23. The van der Waals surface area contributed by atoms with Crippen molar-refractivity contribution in [2.45, 2.75) is 84.0 Å². The first-order chi connectivity index (χ1) is 18.0. The van der Waals surface area contributed by atoms with Gasteiger partial charge in [-0.3, -0.25) is 14.4 Å². The molecule has 1 aliphatic heterocycles. The van der Waals surface area contributed by atoms with Crippen LogP contribution in [0.15, 0.2) is 30.5 Å². The van der Waals surface area contributed by atoms with Crippen molar-refractivity contribution in [2.24, 2.45) is 17.6 Å². The molecule has 0 bridgehead atoms. The lowest BCUT2D eigenvalue weighted by Crippen LogP contribution is -2.58. The first-order valence-electron chi connectivity index (χ1n) is 13.5. The average Bonchev–Trinajstić information content (AvgIpc) is 3.53. The van der Waals surface area contributed by atoms with Gasteiger partial charge in [-0.2, -0.15) is 0 Å². The number of carbonyl (C=O) groups excluding carboxylic acids is 3. The number of fused-ring (bicyclic) bond motifs is 1. The van der Waals surface area contributed by atoms with E-state index in [1.54, 1.807) is 0 Å². The van der Waals surface area contributed by atoms with Gasteiger partial charge in [0.05, 0.1) is 6.04 Å². The summed E-state index contributed by atoms with van der Waals surface area (Å²) in [6.07, 6.45) is 4.13. The fourth-order valence-corrected chi connectivity index (χ4v) is 5.02. The molecule has 2 heterocycles. The second-order valence-corrected chi connectivity index (χ2v) is 10.8. The molecule has 1 aliphatic rings. The molecule has 5 unspecified atom stereocenters. The lowest BCUT2D eigenvalue weighted by molar-refractivity contribution is -0.145. The molecule has 1 aromatic carbocycles. The van der Waals surface area contributed by atoms with Crippen LogP contribution in [0.4, 0.5) is 0 Å². The zero-order chi connectivity index (χ0) is 28.0. The summed E-state index contributed by atoms with van der Waals surface area (Å²) in [6.45, 7) is 7.94. The molecule has 6 N–H and O–H groups in total. The van der Waals surface area contributed by atoms with E-state index in [2.05, 4.69) is 15.6 Å². The number of likely N-dealkylation sites (tertiary alicyclic amines) is 1. The Hall–Kier alpha value is -3.40. The Kier molecular flexibility index (Phi) is 9.90. The quantitative estimate of drug-likeness (QED) is 0.285. The Morgan fingerprint density at radius 1 is 1.16 bits per heavy atom. The number of nitrogens with zero attached hydrogens (tertiary/aromatic N) is 1. The number of para-hydroxylation sites is 1. The van der Waals surface area contributed by atoms with E-state index < -0.39 is 42.0 Å². The SMILES string of the molecule is CCC(C)C(NC(=O)C(N)Cc1c[nH]c2ccccc12)C(=O)N1CCCC1C(=O)NC(CC(C)C)C(=O)O. The van der Waals surface area contributed by atoms with E-state index >= 15 is 0 Å². The van der Waals surface area contributed by atoms with Crippen LogP contribution in [0.3, 0.4) is 0 Å². The van der Waals surface area contributed by atoms with Gasteiger partial charge < -0.3 is 31.4 Å². The number of hydrogen-bond acceptors (Lipinski definition) is 5. The summed E-state index contributed by atoms with van der Waals surface area (Å²) in [5.41, 5.74) is 8.15. The maximum absolute atomic E-state index is 13.7. The third-order valence-electron chi connectivity index (χ3n) is 7.39. The van der Waals surface area contributed by atoms with Crippen LogP contribution in [-0.4, -0.2) is 69.4 Å². The van der Waals surface area contributed by atoms with E-state index in [1.807, 2.05) is 58.2 Å². The molecule has 38 heavy (non-hydrogen) atoms. The fraction of sp³-hybridized carbons (Fsp3) is 0.571. The van der Waals surface area contributed by atoms with Gasteiger partial charge in [0, 0.05) is 23.6 Å². The minimum Gasteiger partial charge on any atom is -0.480 e. The molecule has 5 atom stereocenters. The minimum absolute atomic E-state index is 0.0798. The van der Waals surface area contributed by atoms with E-state index in [1.165, 1.54) is 4.90 Å². The number of benzene rings is 1. The molecule has 10 heteroatoms. The van der Waals surface area contributed by atoms with Crippen LogP contribution in [0.2, 0.25) is 0 Å². The van der Waals surface area contributed by atoms with Crippen LogP contribution < -0.4 is 16.4 Å². The summed E-state index contributed by atoms with van der Waals surface area (Å²) < 4.78 is 0. The number of carboxylic acid groups (broad SMARTS) is 1. The second kappa shape index (κ2) is 12.9. The van der Waals surface area contributed by atoms with Gasteiger partial charge >= 0.3 is 5.97 Å². The van der Waals surface area contributed by atoms with Gasteiger partial charge in [-0.05, 0) is 49.1 Å². The largest absolute Gasteiger partial charge is 0.480 e. The van der Waals surface area contributed by atoms with E-state index in [0.717, 1.165) is 16.5 Å². The topological polar surface area (TPSA) is 158 Å². The number of aliphatic carboxylic acids is 1. The van der Waals surface area contributed by atoms with Crippen LogP contribution in [0, 0.1) is 11.8 Å². The van der Waals surface area contributed by atoms with Crippen molar-refractivity contribution in [3.8, 4) is 0 Å². The zero-order valence-corrected chi connectivity index (χ0v) is 22.7. The monoisotopic (exact) mass is 527 g/mol. The molecular weight excluding hydrogens is 486 g/mol. The van der Waals surface area contributed by atoms with Crippen molar-refractivity contribution >= 4 is 34.6 Å². The summed E-state index contributed by atoms with van der Waals surface area (Å²) in [6, 6.07) is 4.26. The number of hydrogen-bond donors (Lipinski definition) is 5. The molecule has 2 aromatic rings. The molecule has 10 nitrogen and oxygen atoms in total. The number of carboxylic acids is 1. The first-order valence-corrected chi connectivity index (χ1v) is 13.5. The van der Waals surface area contributed by atoms with E-state index in [4.69, 9.17) is 5.73 Å². The summed E-state index contributed by atoms with van der Waals surface area (Å²) >= 11 is 0. The number of nitrogens with one attached hydrogen (secondary N) is 3. The molecule has 0 spiro atoms. The Balaban J connectivity index is 1.70. The number of rotatable bonds is 12. The predicted molar refractivity (Wildman–Crippen MR) is 145 cm³/mol. The fourth-order valence-electron chi connectivity index (χ4n) is 5.02. The Morgan fingerprint density at radius 3 is 2.53 bits per heavy atom. The molecule has 208 valence electrons. The van der Waals surface area contributed by atoms with Crippen LogP contribution in [0.25, 0.3) is 10.9 Å². The summed E-state index contributed by atoms with van der Waals surface area (Å²) in [5, 5.41) is 16.0. The lowest BCUT2D eigenvalue weighted by atomic mass is 9.96. The number of aromatic nitrogens is 1. The number of carbonyl (C=O) groups is 4. The molecule has 0 saturated carbocycles. The molecule has 0 aliphatic carbocycles. The van der Waals surface area contributed by atoms with Crippen LogP contribution in [0.1, 0.15) is 58.9 Å². The van der Waals surface area contributed by atoms with Gasteiger partial charge in [0.1, 0.15) is 18.1 Å². The second-order valence-electron chi connectivity index (χ2n) is 10.8. The van der Waals surface area contributed by atoms with Gasteiger partial charge in [-0.1, -0.05) is 52.3 Å². The summed E-state index contributed by atoms with van der Waals surface area (Å²) in [7, 11) is 0. The van der Waals surface area contributed by atoms with E-state index in [0.29, 0.717) is 38.6 Å². The van der Waals surface area contributed by atoms with Crippen molar-refractivity contribution in [3.05, 3.63) is 36.0 Å². The van der Waals surface area contributed by atoms with Crippen LogP contribution in [0.5, 0.6) is 0 Å². The smallest absolute Gasteiger partial charge is 0.326 e. The molecule has 3 amide bonds. The molecule has 1 fully saturated rings. The Morgan fingerprint density at radius 2 is 1.87 bits per heavy atom. The minimum atomic E-state index is -1.10. The Labute approximate surface area is 223 Å². The Bertz CT molecular complexity index is 1150. The average molecular weight is 528 g/mol. The summed E-state index contributed by atoms with van der Waals surface area (Å²) in [4.78, 5) is 56.2. The standard InChI is InChI=1S/C28H41N5O5/c1-5-17(4)24(32-25(34)20(29)14-18-15-30-21-10-7-6-9-19(18)21)27(36)33-12-8-11-23(33)26(35)31-22(28(37)38)13-16(2)3/h6-7,9-10,15-17,20,22-24,30H,5,8,11-14,29H2,1-4H3,(H,31,35)(H,32,34)(H,37,38). The van der Waals surface area contributed by atoms with Gasteiger partial charge in [0.2, 0.25) is 17.7 Å². The number of nitrogens with two attached hydrogens (primary N) is 1. The third kappa shape index (κ3) is 6.92. The maximum atomic E-state index is 13.7. The lowest BCUT2D eigenvalue weighted by Gasteiger charge is -2.32. The first kappa shape index (κ1) is 29.2. The molecular formula is C28H41N5O5. The van der Waals surface area contributed by atoms with Crippen LogP contribution >= 0.6 is 0 Å². The molecule has 1 aromatic heterocycles. The van der Waals surface area contributed by atoms with Gasteiger partial charge in [-0.25, -0.2) is 4.79 Å². The van der Waals surface area contributed by atoms with Crippen molar-refractivity contribution in [2.75, 3.05) is 6.54 Å². The highest BCUT2D eigenvalue weighted by molar-refractivity contribution is 5.95. The molecule has 0 radical (unpaired) electrons. The highest BCUT2D eigenvalue weighted by atomic mass is 16.4. The molecule has 3 rings (SSSR count). The summed E-state index contributed by atoms with van der Waals surface area (Å²) in [5.74, 6) is -2.47. The van der Waals surface area contributed by atoms with Crippen LogP contribution in [-0.2, 0) is 25.6 Å². The van der Waals surface area contributed by atoms with Crippen molar-refractivity contribution in [3.63, 3.8) is 0 Å². The number of aromatic amines is 1. The van der Waals surface area contributed by atoms with E-state index in [9.17, 15) is 24.3 Å². The van der Waals surface area contributed by atoms with Crippen molar-refractivity contribution in [1.82, 2.24) is 20.5 Å². The van der Waals surface area contributed by atoms with Gasteiger partial charge in [-0.15, -0.1) is 0 Å². The normalized spacial score (nSPS) is 18.7. The molecule has 1 saturated heterocycles. The number of amides is 3.